The number of nitrogen functional groups attached to an aromatic ring is 2. The van der Waals surface area contributed by atoms with E-state index in [9.17, 15) is 4.79 Å². The molecule has 0 fully saturated rings. The molecule has 0 radical (unpaired) electrons. The van der Waals surface area contributed by atoms with E-state index in [2.05, 4.69) is 5.32 Å². The number of amides is 1. The van der Waals surface area contributed by atoms with Crippen molar-refractivity contribution in [2.45, 2.75) is 6.42 Å². The van der Waals surface area contributed by atoms with Gasteiger partial charge in [-0.1, -0.05) is 0 Å². The lowest BCUT2D eigenvalue weighted by molar-refractivity contribution is 0.0948. The number of hydrogen-bond acceptors (Lipinski definition) is 4. The molecular weight excluding hydrogens is 206 g/mol. The van der Waals surface area contributed by atoms with E-state index in [4.69, 9.17) is 16.2 Å². The summed E-state index contributed by atoms with van der Waals surface area (Å²) in [5.41, 5.74) is 12.6. The van der Waals surface area contributed by atoms with Crippen molar-refractivity contribution in [2.24, 2.45) is 0 Å². The van der Waals surface area contributed by atoms with E-state index in [-0.39, 0.29) is 5.91 Å². The molecule has 0 saturated carbocycles. The topological polar surface area (TPSA) is 90.4 Å². The summed E-state index contributed by atoms with van der Waals surface area (Å²) in [5.74, 6) is -0.171. The van der Waals surface area contributed by atoms with Gasteiger partial charge >= 0.3 is 0 Å². The van der Waals surface area contributed by atoms with Crippen molar-refractivity contribution >= 4 is 17.3 Å². The van der Waals surface area contributed by atoms with Gasteiger partial charge in [-0.05, 0) is 24.6 Å². The number of anilines is 2. The van der Waals surface area contributed by atoms with Crippen LogP contribution in [0.3, 0.4) is 0 Å². The smallest absolute Gasteiger partial charge is 0.251 e. The SMILES string of the molecule is COCCCNC(=O)c1cc(N)cc(N)c1. The fourth-order valence-corrected chi connectivity index (χ4v) is 1.33. The molecule has 1 aromatic carbocycles. The van der Waals surface area contributed by atoms with Crippen molar-refractivity contribution in [1.29, 1.82) is 0 Å². The van der Waals surface area contributed by atoms with Crippen molar-refractivity contribution in [2.75, 3.05) is 31.7 Å². The van der Waals surface area contributed by atoms with Crippen molar-refractivity contribution < 1.29 is 9.53 Å². The molecule has 0 heterocycles. The van der Waals surface area contributed by atoms with E-state index in [0.29, 0.717) is 30.1 Å². The lowest BCUT2D eigenvalue weighted by Gasteiger charge is -2.06. The van der Waals surface area contributed by atoms with Crippen LogP contribution >= 0.6 is 0 Å². The highest BCUT2D eigenvalue weighted by molar-refractivity contribution is 5.96. The first-order valence-corrected chi connectivity index (χ1v) is 5.06. The first kappa shape index (κ1) is 12.3. The number of methoxy groups -OCH3 is 1. The summed E-state index contributed by atoms with van der Waals surface area (Å²) < 4.78 is 4.88. The summed E-state index contributed by atoms with van der Waals surface area (Å²) in [7, 11) is 1.63. The Balaban J connectivity index is 2.52. The molecular formula is C11H17N3O2. The predicted octanol–water partition coefficient (Wildman–Crippen LogP) is 0.617. The number of nitrogens with two attached hydrogens (primary N) is 2. The molecule has 88 valence electrons. The minimum atomic E-state index is -0.171. The number of ether oxygens (including phenoxy) is 1. The second-order valence-electron chi connectivity index (χ2n) is 3.49. The van der Waals surface area contributed by atoms with Crippen LogP contribution in [0.2, 0.25) is 0 Å². The van der Waals surface area contributed by atoms with E-state index in [1.165, 1.54) is 0 Å². The van der Waals surface area contributed by atoms with Crippen LogP contribution in [0.25, 0.3) is 0 Å². The molecule has 0 saturated heterocycles. The molecule has 1 amide bonds. The zero-order chi connectivity index (χ0) is 12.0. The minimum Gasteiger partial charge on any atom is -0.399 e. The van der Waals surface area contributed by atoms with Gasteiger partial charge in [0.25, 0.3) is 5.91 Å². The summed E-state index contributed by atoms with van der Waals surface area (Å²) >= 11 is 0. The number of hydrogen-bond donors (Lipinski definition) is 3. The molecule has 0 bridgehead atoms. The maximum absolute atomic E-state index is 11.6. The third-order valence-corrected chi connectivity index (χ3v) is 2.05. The zero-order valence-electron chi connectivity index (χ0n) is 9.32. The molecule has 0 aromatic heterocycles. The summed E-state index contributed by atoms with van der Waals surface area (Å²) in [6.45, 7) is 1.20. The highest BCUT2D eigenvalue weighted by Gasteiger charge is 2.06. The Labute approximate surface area is 94.8 Å². The Morgan fingerprint density at radius 2 is 1.94 bits per heavy atom. The van der Waals surface area contributed by atoms with Crippen LogP contribution in [0.4, 0.5) is 11.4 Å². The molecule has 5 heteroatoms. The number of nitrogens with one attached hydrogen (secondary N) is 1. The zero-order valence-corrected chi connectivity index (χ0v) is 9.32. The van der Waals surface area contributed by atoms with E-state index >= 15 is 0 Å². The van der Waals surface area contributed by atoms with Crippen LogP contribution in [0.15, 0.2) is 18.2 Å². The minimum absolute atomic E-state index is 0.171. The molecule has 0 unspecified atom stereocenters. The van der Waals surface area contributed by atoms with Crippen molar-refractivity contribution in [1.82, 2.24) is 5.32 Å². The van der Waals surface area contributed by atoms with Gasteiger partial charge in [-0.2, -0.15) is 0 Å². The lowest BCUT2D eigenvalue weighted by Crippen LogP contribution is -2.25. The van der Waals surface area contributed by atoms with Gasteiger partial charge < -0.3 is 21.5 Å². The molecule has 1 aromatic rings. The van der Waals surface area contributed by atoms with E-state index in [1.807, 2.05) is 0 Å². The molecule has 0 spiro atoms. The quantitative estimate of drug-likeness (QED) is 0.504. The van der Waals surface area contributed by atoms with Crippen LogP contribution in [0.5, 0.6) is 0 Å². The van der Waals surface area contributed by atoms with Crippen molar-refractivity contribution in [3.8, 4) is 0 Å². The molecule has 1 rings (SSSR count). The van der Waals surface area contributed by atoms with Gasteiger partial charge in [0.05, 0.1) is 0 Å². The summed E-state index contributed by atoms with van der Waals surface area (Å²) in [4.78, 5) is 11.6. The molecule has 0 aliphatic heterocycles. The molecule has 0 aliphatic carbocycles. The second-order valence-corrected chi connectivity index (χ2v) is 3.49. The lowest BCUT2D eigenvalue weighted by atomic mass is 10.1. The Morgan fingerprint density at radius 3 is 2.50 bits per heavy atom. The Bertz CT molecular complexity index is 346. The van der Waals surface area contributed by atoms with E-state index < -0.39 is 0 Å². The van der Waals surface area contributed by atoms with Crippen LogP contribution in [0.1, 0.15) is 16.8 Å². The number of carbonyl (C=O) groups excluding carboxylic acids is 1. The van der Waals surface area contributed by atoms with Gasteiger partial charge in [0.2, 0.25) is 0 Å². The first-order chi connectivity index (χ1) is 7.63. The molecule has 0 aliphatic rings. The second kappa shape index (κ2) is 5.97. The normalized spacial score (nSPS) is 10.1. The summed E-state index contributed by atoms with van der Waals surface area (Å²) in [6, 6.07) is 4.81. The number of rotatable bonds is 5. The average Bonchev–Trinajstić information content (AvgIpc) is 2.22. The van der Waals surface area contributed by atoms with Crippen LogP contribution in [-0.2, 0) is 4.74 Å². The van der Waals surface area contributed by atoms with Gasteiger partial charge in [0.1, 0.15) is 0 Å². The van der Waals surface area contributed by atoms with Crippen LogP contribution in [0, 0.1) is 0 Å². The Kier molecular flexibility index (Phi) is 4.60. The average molecular weight is 223 g/mol. The van der Waals surface area contributed by atoms with Gasteiger partial charge in [-0.3, -0.25) is 4.79 Å². The van der Waals surface area contributed by atoms with Crippen LogP contribution in [-0.4, -0.2) is 26.2 Å². The van der Waals surface area contributed by atoms with Gasteiger partial charge in [0, 0.05) is 37.2 Å². The summed E-state index contributed by atoms with van der Waals surface area (Å²) in [5, 5.41) is 2.76. The maximum Gasteiger partial charge on any atom is 0.251 e. The fourth-order valence-electron chi connectivity index (χ4n) is 1.33. The molecule has 0 atom stereocenters. The maximum atomic E-state index is 11.6. The van der Waals surface area contributed by atoms with Crippen LogP contribution < -0.4 is 16.8 Å². The number of carbonyl (C=O) groups is 1. The van der Waals surface area contributed by atoms with Crippen molar-refractivity contribution in [3.63, 3.8) is 0 Å². The number of benzene rings is 1. The van der Waals surface area contributed by atoms with Gasteiger partial charge in [0.15, 0.2) is 0 Å². The summed E-state index contributed by atoms with van der Waals surface area (Å²) in [6.07, 6.45) is 0.778. The van der Waals surface area contributed by atoms with Gasteiger partial charge in [-0.25, -0.2) is 0 Å². The van der Waals surface area contributed by atoms with Crippen molar-refractivity contribution in [3.05, 3.63) is 23.8 Å². The standard InChI is InChI=1S/C11H17N3O2/c1-16-4-2-3-14-11(15)8-5-9(12)7-10(13)6-8/h5-7H,2-4,12-13H2,1H3,(H,14,15). The predicted molar refractivity (Wildman–Crippen MR) is 64.1 cm³/mol. The van der Waals surface area contributed by atoms with E-state index in [0.717, 1.165) is 6.42 Å². The van der Waals surface area contributed by atoms with E-state index in [1.54, 1.807) is 25.3 Å². The Morgan fingerprint density at radius 1 is 1.31 bits per heavy atom. The molecule has 5 N–H and O–H groups in total. The monoisotopic (exact) mass is 223 g/mol. The van der Waals surface area contributed by atoms with Gasteiger partial charge in [-0.15, -0.1) is 0 Å². The first-order valence-electron chi connectivity index (χ1n) is 5.06. The Hall–Kier alpha value is -1.75. The fraction of sp³-hybridized carbons (Fsp3) is 0.364. The third-order valence-electron chi connectivity index (χ3n) is 2.05. The molecule has 5 nitrogen and oxygen atoms in total. The highest BCUT2D eigenvalue weighted by Crippen LogP contribution is 2.13. The molecule has 16 heavy (non-hydrogen) atoms. The largest absolute Gasteiger partial charge is 0.399 e. The third kappa shape index (κ3) is 3.78. The highest BCUT2D eigenvalue weighted by atomic mass is 16.5.